The minimum atomic E-state index is -4.75. The predicted molar refractivity (Wildman–Crippen MR) is 86.6 cm³/mol. The SMILES string of the molecule is CCCN(CC(=O)O)CC(=O)NCc1ccc(OC(F)(F)F)cc1.Cl. The molecule has 10 heteroatoms. The van der Waals surface area contributed by atoms with Crippen molar-refractivity contribution in [3.63, 3.8) is 0 Å². The first-order chi connectivity index (χ1) is 11.2. The number of benzene rings is 1. The minimum Gasteiger partial charge on any atom is -0.480 e. The number of alkyl halides is 3. The number of carboxylic acids is 1. The fourth-order valence-corrected chi connectivity index (χ4v) is 1.99. The third kappa shape index (κ3) is 10.5. The standard InChI is InChI=1S/C15H19F3N2O4.ClH/c1-2-7-20(10-14(22)23)9-13(21)19-8-11-3-5-12(6-4-11)24-15(16,17)18;/h3-6H,2,7-10H2,1H3,(H,19,21)(H,22,23);1H. The van der Waals surface area contributed by atoms with Crippen molar-refractivity contribution in [3.05, 3.63) is 29.8 Å². The second-order valence-corrected chi connectivity index (χ2v) is 5.07. The molecular formula is C15H20ClF3N2O4. The molecule has 0 atom stereocenters. The van der Waals surface area contributed by atoms with E-state index in [-0.39, 0.29) is 43.7 Å². The maximum Gasteiger partial charge on any atom is 0.573 e. The molecule has 0 radical (unpaired) electrons. The Kier molecular flexibility index (Phi) is 9.92. The zero-order valence-corrected chi connectivity index (χ0v) is 14.3. The first kappa shape index (κ1) is 23.0. The van der Waals surface area contributed by atoms with Crippen LogP contribution in [-0.2, 0) is 16.1 Å². The molecular weight excluding hydrogens is 365 g/mol. The second-order valence-electron chi connectivity index (χ2n) is 5.07. The van der Waals surface area contributed by atoms with E-state index in [1.807, 2.05) is 6.92 Å². The number of halogens is 4. The zero-order valence-electron chi connectivity index (χ0n) is 13.5. The normalized spacial score (nSPS) is 10.9. The van der Waals surface area contributed by atoms with Crippen molar-refractivity contribution in [2.75, 3.05) is 19.6 Å². The van der Waals surface area contributed by atoms with Gasteiger partial charge in [0.2, 0.25) is 5.91 Å². The number of carbonyl (C=O) groups excluding carboxylic acids is 1. The first-order valence-electron chi connectivity index (χ1n) is 7.25. The second kappa shape index (κ2) is 10.8. The van der Waals surface area contributed by atoms with Crippen LogP contribution in [0.4, 0.5) is 13.2 Å². The van der Waals surface area contributed by atoms with E-state index in [2.05, 4.69) is 10.1 Å². The van der Waals surface area contributed by atoms with Gasteiger partial charge < -0.3 is 15.2 Å². The Balaban J connectivity index is 0.00000576. The van der Waals surface area contributed by atoms with Gasteiger partial charge >= 0.3 is 12.3 Å². The number of carboxylic acid groups (broad SMARTS) is 1. The van der Waals surface area contributed by atoms with Crippen LogP contribution in [0.25, 0.3) is 0 Å². The van der Waals surface area contributed by atoms with E-state index in [1.165, 1.54) is 17.0 Å². The Bertz CT molecular complexity index is 553. The molecule has 25 heavy (non-hydrogen) atoms. The molecule has 1 rings (SSSR count). The molecule has 0 saturated heterocycles. The van der Waals surface area contributed by atoms with Crippen molar-refractivity contribution in [1.82, 2.24) is 10.2 Å². The number of carbonyl (C=O) groups is 2. The molecule has 0 aliphatic carbocycles. The van der Waals surface area contributed by atoms with Gasteiger partial charge in [0.25, 0.3) is 0 Å². The summed E-state index contributed by atoms with van der Waals surface area (Å²) in [7, 11) is 0. The van der Waals surface area contributed by atoms with E-state index < -0.39 is 12.3 Å². The lowest BCUT2D eigenvalue weighted by Gasteiger charge is -2.18. The summed E-state index contributed by atoms with van der Waals surface area (Å²) in [5.74, 6) is -1.72. The van der Waals surface area contributed by atoms with Gasteiger partial charge in [-0.25, -0.2) is 0 Å². The van der Waals surface area contributed by atoms with Gasteiger partial charge in [0.1, 0.15) is 5.75 Å². The van der Waals surface area contributed by atoms with E-state index in [0.29, 0.717) is 18.5 Å². The highest BCUT2D eigenvalue weighted by atomic mass is 35.5. The zero-order chi connectivity index (χ0) is 18.2. The van der Waals surface area contributed by atoms with Gasteiger partial charge in [-0.1, -0.05) is 19.1 Å². The smallest absolute Gasteiger partial charge is 0.480 e. The highest BCUT2D eigenvalue weighted by Gasteiger charge is 2.30. The van der Waals surface area contributed by atoms with Crippen LogP contribution in [0.5, 0.6) is 5.75 Å². The molecule has 1 aromatic rings. The number of rotatable bonds is 9. The Hall–Kier alpha value is -2.00. The van der Waals surface area contributed by atoms with Gasteiger partial charge in [0.15, 0.2) is 0 Å². The summed E-state index contributed by atoms with van der Waals surface area (Å²) >= 11 is 0. The average Bonchev–Trinajstić information content (AvgIpc) is 2.44. The Labute approximate surface area is 149 Å². The summed E-state index contributed by atoms with van der Waals surface area (Å²) in [6.07, 6.45) is -4.04. The highest BCUT2D eigenvalue weighted by molar-refractivity contribution is 5.85. The largest absolute Gasteiger partial charge is 0.573 e. The number of nitrogens with one attached hydrogen (secondary N) is 1. The minimum absolute atomic E-state index is 0. The quantitative estimate of drug-likeness (QED) is 0.683. The van der Waals surface area contributed by atoms with Gasteiger partial charge in [0, 0.05) is 6.54 Å². The third-order valence-corrected chi connectivity index (χ3v) is 2.91. The number of hydrogen-bond donors (Lipinski definition) is 2. The van der Waals surface area contributed by atoms with Crippen LogP contribution in [0.2, 0.25) is 0 Å². The molecule has 0 bridgehead atoms. The van der Waals surface area contributed by atoms with Crippen molar-refractivity contribution >= 4 is 24.3 Å². The number of amides is 1. The summed E-state index contributed by atoms with van der Waals surface area (Å²) < 4.78 is 39.9. The predicted octanol–water partition coefficient (Wildman–Crippen LogP) is 2.42. The van der Waals surface area contributed by atoms with Crippen LogP contribution in [0.1, 0.15) is 18.9 Å². The Morgan fingerprint density at radius 1 is 1.20 bits per heavy atom. The lowest BCUT2D eigenvalue weighted by molar-refractivity contribution is -0.274. The van der Waals surface area contributed by atoms with Gasteiger partial charge in [0.05, 0.1) is 13.1 Å². The van der Waals surface area contributed by atoms with Gasteiger partial charge in [-0.3, -0.25) is 14.5 Å². The molecule has 0 fully saturated rings. The summed E-state index contributed by atoms with van der Waals surface area (Å²) in [4.78, 5) is 24.0. The van der Waals surface area contributed by atoms with E-state index in [9.17, 15) is 22.8 Å². The van der Waals surface area contributed by atoms with Crippen molar-refractivity contribution in [3.8, 4) is 5.75 Å². The number of aliphatic carboxylic acids is 1. The van der Waals surface area contributed by atoms with Crippen molar-refractivity contribution in [1.29, 1.82) is 0 Å². The molecule has 1 aromatic carbocycles. The fourth-order valence-electron chi connectivity index (χ4n) is 1.99. The van der Waals surface area contributed by atoms with Crippen molar-refractivity contribution < 1.29 is 32.6 Å². The summed E-state index contributed by atoms with van der Waals surface area (Å²) in [6.45, 7) is 2.18. The molecule has 6 nitrogen and oxygen atoms in total. The number of hydrogen-bond acceptors (Lipinski definition) is 4. The van der Waals surface area contributed by atoms with Crippen LogP contribution >= 0.6 is 12.4 Å². The Morgan fingerprint density at radius 2 is 1.80 bits per heavy atom. The molecule has 0 aliphatic heterocycles. The van der Waals surface area contributed by atoms with E-state index >= 15 is 0 Å². The number of ether oxygens (including phenoxy) is 1. The lowest BCUT2D eigenvalue weighted by atomic mass is 10.2. The summed E-state index contributed by atoms with van der Waals surface area (Å²) in [6, 6.07) is 5.12. The van der Waals surface area contributed by atoms with E-state index in [1.54, 1.807) is 0 Å². The topological polar surface area (TPSA) is 78.9 Å². The summed E-state index contributed by atoms with van der Waals surface area (Å²) in [5, 5.41) is 11.4. The van der Waals surface area contributed by atoms with Crippen molar-refractivity contribution in [2.24, 2.45) is 0 Å². The monoisotopic (exact) mass is 384 g/mol. The molecule has 0 heterocycles. The van der Waals surface area contributed by atoms with Crippen molar-refractivity contribution in [2.45, 2.75) is 26.3 Å². The summed E-state index contributed by atoms with van der Waals surface area (Å²) in [5.41, 5.74) is 0.596. The molecule has 0 aromatic heterocycles. The molecule has 0 saturated carbocycles. The maximum atomic E-state index is 12.0. The molecule has 1 amide bonds. The van der Waals surface area contributed by atoms with Gasteiger partial charge in [-0.15, -0.1) is 25.6 Å². The van der Waals surface area contributed by atoms with Gasteiger partial charge in [-0.05, 0) is 30.7 Å². The van der Waals surface area contributed by atoms with Crippen LogP contribution in [0.15, 0.2) is 24.3 Å². The molecule has 142 valence electrons. The molecule has 0 spiro atoms. The maximum absolute atomic E-state index is 12.0. The van der Waals surface area contributed by atoms with Crippen LogP contribution in [-0.4, -0.2) is 47.9 Å². The number of nitrogens with zero attached hydrogens (tertiary/aromatic N) is 1. The first-order valence-corrected chi connectivity index (χ1v) is 7.25. The van der Waals surface area contributed by atoms with Crippen LogP contribution < -0.4 is 10.1 Å². The highest BCUT2D eigenvalue weighted by Crippen LogP contribution is 2.22. The Morgan fingerprint density at radius 3 is 2.28 bits per heavy atom. The van der Waals surface area contributed by atoms with Gasteiger partial charge in [-0.2, -0.15) is 0 Å². The van der Waals surface area contributed by atoms with Crippen LogP contribution in [0.3, 0.4) is 0 Å². The molecule has 0 unspecified atom stereocenters. The fraction of sp³-hybridized carbons (Fsp3) is 0.467. The van der Waals surface area contributed by atoms with E-state index in [4.69, 9.17) is 5.11 Å². The van der Waals surface area contributed by atoms with E-state index in [0.717, 1.165) is 12.1 Å². The molecule has 0 aliphatic rings. The average molecular weight is 385 g/mol. The third-order valence-electron chi connectivity index (χ3n) is 2.91. The lowest BCUT2D eigenvalue weighted by Crippen LogP contribution is -2.39. The molecule has 2 N–H and O–H groups in total. The van der Waals surface area contributed by atoms with Crippen LogP contribution in [0, 0.1) is 0 Å².